The van der Waals surface area contributed by atoms with E-state index in [1.165, 1.54) is 12.1 Å². The van der Waals surface area contributed by atoms with Crippen molar-refractivity contribution in [3.8, 4) is 0 Å². The molecule has 1 saturated heterocycles. The largest absolute Gasteiger partial charge is 0.481 e. The molecule has 0 unspecified atom stereocenters. The molecule has 9 heteroatoms. The fourth-order valence-corrected chi connectivity index (χ4v) is 2.68. The maximum absolute atomic E-state index is 14.1. The third kappa shape index (κ3) is 3.44. The maximum atomic E-state index is 14.1. The molecule has 0 aliphatic carbocycles. The topological polar surface area (TPSA) is 60.9 Å². The molecule has 0 saturated carbocycles. The quantitative estimate of drug-likeness (QED) is 0.851. The highest BCUT2D eigenvalue weighted by Gasteiger charge is 2.53. The van der Waals surface area contributed by atoms with Gasteiger partial charge in [-0.1, -0.05) is 0 Å². The smallest absolute Gasteiger partial charge is 0.394 e. The highest BCUT2D eigenvalue weighted by molar-refractivity contribution is 5.95. The summed E-state index contributed by atoms with van der Waals surface area (Å²) in [4.78, 5) is 25.7. The zero-order valence-electron chi connectivity index (χ0n) is 13.0. The number of carbonyl (C=O) groups excluding carboxylic acids is 1. The zero-order valence-corrected chi connectivity index (χ0v) is 13.0. The van der Waals surface area contributed by atoms with Crippen molar-refractivity contribution in [2.45, 2.75) is 6.18 Å². The first kappa shape index (κ1) is 18.0. The number of halogens is 4. The predicted octanol–water partition coefficient (Wildman–Crippen LogP) is 2.23. The lowest BCUT2D eigenvalue weighted by atomic mass is 9.96. The fraction of sp³-hybridized carbons (Fsp3) is 0.467. The Labute approximate surface area is 135 Å². The van der Waals surface area contributed by atoms with Crippen molar-refractivity contribution >= 4 is 17.6 Å². The summed E-state index contributed by atoms with van der Waals surface area (Å²) < 4.78 is 52.9. The van der Waals surface area contributed by atoms with Gasteiger partial charge in [0, 0.05) is 32.9 Å². The molecule has 1 N–H and O–H groups in total. The SMILES string of the molecule is CN(C)c1ccc(C(=O)N2C[C@@H](C(F)(F)F)[C@H](C(=O)O)C2)c(F)c1. The molecule has 1 aromatic carbocycles. The van der Waals surface area contributed by atoms with E-state index in [1.54, 1.807) is 19.0 Å². The Kier molecular flexibility index (Phi) is 4.73. The number of anilines is 1. The number of hydrogen-bond donors (Lipinski definition) is 1. The number of benzene rings is 1. The van der Waals surface area contributed by atoms with Crippen LogP contribution in [0.25, 0.3) is 0 Å². The average Bonchev–Trinajstić information content (AvgIpc) is 2.91. The Hall–Kier alpha value is -2.32. The standard InChI is InChI=1S/C15H16F4N2O3/c1-20(2)8-3-4-9(12(16)5-8)13(22)21-6-10(14(23)24)11(7-21)15(17,18)19/h3-5,10-11H,6-7H2,1-2H3,(H,23,24)/t10-,11-/m1/s1. The number of aliphatic carboxylic acids is 1. The number of nitrogens with zero attached hydrogens (tertiary/aromatic N) is 2. The van der Waals surface area contributed by atoms with Crippen molar-refractivity contribution in [1.82, 2.24) is 4.90 Å². The van der Waals surface area contributed by atoms with Crippen LogP contribution in [0.1, 0.15) is 10.4 Å². The van der Waals surface area contributed by atoms with Gasteiger partial charge in [0.15, 0.2) is 0 Å². The lowest BCUT2D eigenvalue weighted by molar-refractivity contribution is -0.187. The van der Waals surface area contributed by atoms with Crippen LogP contribution in [0.2, 0.25) is 0 Å². The van der Waals surface area contributed by atoms with Crippen molar-refractivity contribution in [1.29, 1.82) is 0 Å². The number of alkyl halides is 3. The Morgan fingerprint density at radius 2 is 1.88 bits per heavy atom. The Morgan fingerprint density at radius 1 is 1.25 bits per heavy atom. The van der Waals surface area contributed by atoms with Gasteiger partial charge in [0.2, 0.25) is 0 Å². The van der Waals surface area contributed by atoms with E-state index in [-0.39, 0.29) is 5.56 Å². The molecule has 1 aliphatic heterocycles. The molecule has 1 aromatic rings. The number of hydrogen-bond acceptors (Lipinski definition) is 3. The molecule has 1 aliphatic rings. The van der Waals surface area contributed by atoms with E-state index in [0.717, 1.165) is 11.0 Å². The van der Waals surface area contributed by atoms with E-state index < -0.39 is 48.8 Å². The van der Waals surface area contributed by atoms with Crippen molar-refractivity contribution in [3.05, 3.63) is 29.6 Å². The molecule has 1 heterocycles. The lowest BCUT2D eigenvalue weighted by Gasteiger charge is -2.19. The third-order valence-corrected chi connectivity index (χ3v) is 4.04. The van der Waals surface area contributed by atoms with Crippen molar-refractivity contribution in [3.63, 3.8) is 0 Å². The second kappa shape index (κ2) is 6.29. The first-order valence-corrected chi connectivity index (χ1v) is 7.08. The van der Waals surface area contributed by atoms with Gasteiger partial charge < -0.3 is 14.9 Å². The Morgan fingerprint density at radius 3 is 2.29 bits per heavy atom. The van der Waals surface area contributed by atoms with Gasteiger partial charge in [-0.2, -0.15) is 13.2 Å². The summed E-state index contributed by atoms with van der Waals surface area (Å²) in [5.74, 6) is -7.36. The van der Waals surface area contributed by atoms with E-state index in [2.05, 4.69) is 0 Å². The van der Waals surface area contributed by atoms with Gasteiger partial charge in [0.25, 0.3) is 5.91 Å². The molecule has 0 radical (unpaired) electrons. The minimum Gasteiger partial charge on any atom is -0.481 e. The summed E-state index contributed by atoms with van der Waals surface area (Å²) in [6.45, 7) is -1.40. The molecule has 1 fully saturated rings. The molecule has 2 atom stereocenters. The summed E-state index contributed by atoms with van der Waals surface area (Å²) in [6, 6.07) is 3.74. The van der Waals surface area contributed by atoms with Crippen LogP contribution >= 0.6 is 0 Å². The van der Waals surface area contributed by atoms with Crippen LogP contribution in [0.4, 0.5) is 23.2 Å². The molecule has 5 nitrogen and oxygen atoms in total. The summed E-state index contributed by atoms with van der Waals surface area (Å²) in [6.07, 6.45) is -4.74. The summed E-state index contributed by atoms with van der Waals surface area (Å²) in [5.41, 5.74) is 0.106. The molecular weight excluding hydrogens is 332 g/mol. The highest BCUT2D eigenvalue weighted by Crippen LogP contribution is 2.38. The minimum absolute atomic E-state index is 0.382. The van der Waals surface area contributed by atoms with Gasteiger partial charge in [-0.05, 0) is 18.2 Å². The molecule has 132 valence electrons. The molecular formula is C15H16F4N2O3. The lowest BCUT2D eigenvalue weighted by Crippen LogP contribution is -2.34. The van der Waals surface area contributed by atoms with Crippen LogP contribution in [-0.2, 0) is 4.79 Å². The van der Waals surface area contributed by atoms with E-state index in [4.69, 9.17) is 5.11 Å². The number of carbonyl (C=O) groups is 2. The van der Waals surface area contributed by atoms with Crippen LogP contribution < -0.4 is 4.90 Å². The summed E-state index contributed by atoms with van der Waals surface area (Å²) in [7, 11) is 3.34. The molecule has 0 spiro atoms. The zero-order chi connectivity index (χ0) is 18.2. The Balaban J connectivity index is 2.26. The number of carboxylic acid groups (broad SMARTS) is 1. The van der Waals surface area contributed by atoms with E-state index >= 15 is 0 Å². The van der Waals surface area contributed by atoms with Gasteiger partial charge >= 0.3 is 12.1 Å². The molecule has 2 rings (SSSR count). The predicted molar refractivity (Wildman–Crippen MR) is 77.3 cm³/mol. The average molecular weight is 348 g/mol. The van der Waals surface area contributed by atoms with Crippen molar-refractivity contribution < 1.29 is 32.3 Å². The highest BCUT2D eigenvalue weighted by atomic mass is 19.4. The number of likely N-dealkylation sites (tertiary alicyclic amines) is 1. The molecule has 0 aromatic heterocycles. The van der Waals surface area contributed by atoms with Gasteiger partial charge in [-0.3, -0.25) is 9.59 Å². The van der Waals surface area contributed by atoms with Crippen LogP contribution in [0.5, 0.6) is 0 Å². The number of carboxylic acids is 1. The second-order valence-corrected chi connectivity index (χ2v) is 5.86. The van der Waals surface area contributed by atoms with Crippen LogP contribution in [-0.4, -0.2) is 55.2 Å². The maximum Gasteiger partial charge on any atom is 0.394 e. The van der Waals surface area contributed by atoms with Crippen LogP contribution in [0.3, 0.4) is 0 Å². The molecule has 0 bridgehead atoms. The van der Waals surface area contributed by atoms with Gasteiger partial charge in [0.1, 0.15) is 5.82 Å². The summed E-state index contributed by atoms with van der Waals surface area (Å²) in [5, 5.41) is 8.95. The van der Waals surface area contributed by atoms with Crippen molar-refractivity contribution in [2.75, 3.05) is 32.1 Å². The summed E-state index contributed by atoms with van der Waals surface area (Å²) >= 11 is 0. The number of amides is 1. The minimum atomic E-state index is -4.74. The first-order valence-electron chi connectivity index (χ1n) is 7.08. The second-order valence-electron chi connectivity index (χ2n) is 5.86. The molecule has 24 heavy (non-hydrogen) atoms. The van der Waals surface area contributed by atoms with Crippen molar-refractivity contribution in [2.24, 2.45) is 11.8 Å². The van der Waals surface area contributed by atoms with E-state index in [0.29, 0.717) is 5.69 Å². The first-order chi connectivity index (χ1) is 11.0. The van der Waals surface area contributed by atoms with Gasteiger partial charge in [0.05, 0.1) is 17.4 Å². The van der Waals surface area contributed by atoms with Crippen LogP contribution in [0, 0.1) is 17.7 Å². The number of rotatable bonds is 3. The third-order valence-electron chi connectivity index (χ3n) is 4.04. The Bertz CT molecular complexity index is 661. The molecule has 1 amide bonds. The fourth-order valence-electron chi connectivity index (χ4n) is 2.68. The van der Waals surface area contributed by atoms with E-state index in [1.807, 2.05) is 0 Å². The van der Waals surface area contributed by atoms with E-state index in [9.17, 15) is 27.2 Å². The normalized spacial score (nSPS) is 21.0. The van der Waals surface area contributed by atoms with Gasteiger partial charge in [-0.25, -0.2) is 4.39 Å². The monoisotopic (exact) mass is 348 g/mol. The van der Waals surface area contributed by atoms with Gasteiger partial charge in [-0.15, -0.1) is 0 Å². The van der Waals surface area contributed by atoms with Crippen LogP contribution in [0.15, 0.2) is 18.2 Å².